The van der Waals surface area contributed by atoms with Gasteiger partial charge >= 0.3 is 5.69 Å². The third kappa shape index (κ3) is 1.79. The molecule has 0 fully saturated rings. The molecule has 0 radical (unpaired) electrons. The van der Waals surface area contributed by atoms with Gasteiger partial charge in [0.15, 0.2) is 0 Å². The van der Waals surface area contributed by atoms with Crippen LogP contribution in [0.5, 0.6) is 0 Å². The van der Waals surface area contributed by atoms with Gasteiger partial charge in [-0.05, 0) is 20.8 Å². The molecule has 0 aliphatic rings. The Bertz CT molecular complexity index is 448. The fraction of sp³-hybridized carbons (Fsp3) is 0.125. The molecule has 0 unspecified atom stereocenters. The quantitative estimate of drug-likeness (QED) is 0.717. The number of nitrogens with zero attached hydrogens (tertiary/aromatic N) is 3. The molecule has 0 bridgehead atoms. The highest BCUT2D eigenvalue weighted by molar-refractivity contribution is 5.13. The summed E-state index contributed by atoms with van der Waals surface area (Å²) >= 11 is 0. The highest BCUT2D eigenvalue weighted by atomic mass is 16.7. The topological polar surface area (TPSA) is 72.8 Å². The summed E-state index contributed by atoms with van der Waals surface area (Å²) in [6, 6.07) is 9.48. The van der Waals surface area contributed by atoms with Gasteiger partial charge in [-0.15, -0.1) is 0 Å². The van der Waals surface area contributed by atoms with Crippen LogP contribution in [0.4, 0.5) is 0 Å². The minimum atomic E-state index is -0.485. The first kappa shape index (κ1) is 8.49. The molecule has 6 nitrogen and oxygen atoms in total. The lowest BCUT2D eigenvalue weighted by Crippen LogP contribution is -2.25. The second kappa shape index (κ2) is 3.73. The number of tetrazole rings is 1. The Labute approximate surface area is 79.1 Å². The highest BCUT2D eigenvalue weighted by Gasteiger charge is 1.98. The van der Waals surface area contributed by atoms with E-state index in [4.69, 9.17) is 4.84 Å². The molecule has 0 saturated carbocycles. The zero-order valence-electron chi connectivity index (χ0n) is 7.25. The van der Waals surface area contributed by atoms with E-state index < -0.39 is 5.69 Å². The predicted molar refractivity (Wildman–Crippen MR) is 47.4 cm³/mol. The summed E-state index contributed by atoms with van der Waals surface area (Å²) in [6.07, 6.45) is 0. The standard InChI is InChI=1S/C8H8N4O2/c13-8-9-10-11-12(8)14-6-7-4-2-1-3-5-7/h1-5H,6H2,(H,9,11,13). The maximum absolute atomic E-state index is 10.9. The first-order valence-electron chi connectivity index (χ1n) is 4.04. The van der Waals surface area contributed by atoms with Crippen molar-refractivity contribution in [3.05, 3.63) is 46.4 Å². The lowest BCUT2D eigenvalue weighted by Gasteiger charge is -2.01. The van der Waals surface area contributed by atoms with Crippen LogP contribution in [-0.4, -0.2) is 20.4 Å². The second-order valence-electron chi connectivity index (χ2n) is 2.64. The van der Waals surface area contributed by atoms with Crippen LogP contribution in [0.25, 0.3) is 0 Å². The van der Waals surface area contributed by atoms with E-state index in [2.05, 4.69) is 15.5 Å². The van der Waals surface area contributed by atoms with Gasteiger partial charge in [0.2, 0.25) is 0 Å². The minimum absolute atomic E-state index is 0.285. The van der Waals surface area contributed by atoms with Crippen LogP contribution >= 0.6 is 0 Å². The SMILES string of the molecule is O=c1[nH]nnn1OCc1ccccc1. The van der Waals surface area contributed by atoms with Gasteiger partial charge in [0.25, 0.3) is 0 Å². The van der Waals surface area contributed by atoms with Crippen LogP contribution < -0.4 is 10.5 Å². The third-order valence-electron chi connectivity index (χ3n) is 1.64. The average Bonchev–Trinajstić information content (AvgIpc) is 2.63. The van der Waals surface area contributed by atoms with Gasteiger partial charge in [-0.1, -0.05) is 30.3 Å². The fourth-order valence-electron chi connectivity index (χ4n) is 0.984. The molecule has 1 aromatic heterocycles. The number of benzene rings is 1. The Kier molecular flexibility index (Phi) is 2.26. The van der Waals surface area contributed by atoms with Gasteiger partial charge < -0.3 is 4.84 Å². The number of hydrogen-bond donors (Lipinski definition) is 1. The van der Waals surface area contributed by atoms with Crippen molar-refractivity contribution in [2.24, 2.45) is 0 Å². The summed E-state index contributed by atoms with van der Waals surface area (Å²) in [6.45, 7) is 0.285. The first-order chi connectivity index (χ1) is 6.86. The molecule has 2 aromatic rings. The van der Waals surface area contributed by atoms with E-state index in [0.717, 1.165) is 10.4 Å². The molecule has 2 rings (SSSR count). The summed E-state index contributed by atoms with van der Waals surface area (Å²) in [5, 5.41) is 8.82. The van der Waals surface area contributed by atoms with Crippen molar-refractivity contribution < 1.29 is 4.84 Å². The van der Waals surface area contributed by atoms with Crippen molar-refractivity contribution in [1.82, 2.24) is 20.4 Å². The molecular formula is C8H8N4O2. The lowest BCUT2D eigenvalue weighted by atomic mass is 10.2. The molecule has 1 aromatic carbocycles. The Morgan fingerprint density at radius 1 is 1.36 bits per heavy atom. The van der Waals surface area contributed by atoms with Crippen molar-refractivity contribution in [3.8, 4) is 0 Å². The predicted octanol–water partition coefficient (Wildman–Crippen LogP) is -0.405. The van der Waals surface area contributed by atoms with Gasteiger partial charge in [-0.3, -0.25) is 0 Å². The molecule has 0 spiro atoms. The smallest absolute Gasteiger partial charge is 0.386 e. The number of rotatable bonds is 3. The van der Waals surface area contributed by atoms with E-state index in [9.17, 15) is 4.79 Å². The van der Waals surface area contributed by atoms with Crippen LogP contribution in [0, 0.1) is 0 Å². The third-order valence-corrected chi connectivity index (χ3v) is 1.64. The van der Waals surface area contributed by atoms with Gasteiger partial charge in [0.1, 0.15) is 6.61 Å². The molecule has 0 saturated heterocycles. The van der Waals surface area contributed by atoms with Gasteiger partial charge in [0, 0.05) is 0 Å². The number of aromatic amines is 1. The summed E-state index contributed by atoms with van der Waals surface area (Å²) < 4.78 is 0. The normalized spacial score (nSPS) is 10.0. The second-order valence-corrected chi connectivity index (χ2v) is 2.64. The van der Waals surface area contributed by atoms with Crippen LogP contribution in [-0.2, 0) is 6.61 Å². The number of nitrogens with one attached hydrogen (secondary N) is 1. The van der Waals surface area contributed by atoms with Gasteiger partial charge in [0.05, 0.1) is 0 Å². The van der Waals surface area contributed by atoms with Crippen LogP contribution in [0.3, 0.4) is 0 Å². The number of H-pyrrole nitrogens is 1. The van der Waals surface area contributed by atoms with Gasteiger partial charge in [-0.2, -0.15) is 0 Å². The van der Waals surface area contributed by atoms with E-state index >= 15 is 0 Å². The zero-order valence-corrected chi connectivity index (χ0v) is 7.25. The summed E-state index contributed by atoms with van der Waals surface area (Å²) in [5.74, 6) is 0. The van der Waals surface area contributed by atoms with Crippen LogP contribution in [0.2, 0.25) is 0 Å². The maximum Gasteiger partial charge on any atom is 0.395 e. The Morgan fingerprint density at radius 2 is 2.14 bits per heavy atom. The Morgan fingerprint density at radius 3 is 2.79 bits per heavy atom. The van der Waals surface area contributed by atoms with E-state index in [1.54, 1.807) is 0 Å². The average molecular weight is 192 g/mol. The zero-order chi connectivity index (χ0) is 9.80. The Balaban J connectivity index is 2.02. The molecule has 1 heterocycles. The van der Waals surface area contributed by atoms with Crippen molar-refractivity contribution >= 4 is 0 Å². The summed E-state index contributed by atoms with van der Waals surface area (Å²) in [5.41, 5.74) is 0.475. The Hall–Kier alpha value is -2.11. The molecule has 0 atom stereocenters. The molecule has 14 heavy (non-hydrogen) atoms. The largest absolute Gasteiger partial charge is 0.395 e. The van der Waals surface area contributed by atoms with Crippen LogP contribution in [0.1, 0.15) is 5.56 Å². The molecule has 0 aliphatic heterocycles. The van der Waals surface area contributed by atoms with Crippen molar-refractivity contribution in [2.75, 3.05) is 0 Å². The molecule has 0 amide bonds. The molecule has 72 valence electrons. The first-order valence-corrected chi connectivity index (χ1v) is 4.04. The number of aromatic nitrogens is 4. The van der Waals surface area contributed by atoms with Crippen molar-refractivity contribution in [2.45, 2.75) is 6.61 Å². The van der Waals surface area contributed by atoms with E-state index in [1.165, 1.54) is 0 Å². The maximum atomic E-state index is 10.9. The monoisotopic (exact) mass is 192 g/mol. The van der Waals surface area contributed by atoms with E-state index in [0.29, 0.717) is 0 Å². The van der Waals surface area contributed by atoms with Crippen molar-refractivity contribution in [3.63, 3.8) is 0 Å². The van der Waals surface area contributed by atoms with Crippen molar-refractivity contribution in [1.29, 1.82) is 0 Å². The van der Waals surface area contributed by atoms with E-state index in [1.807, 2.05) is 30.3 Å². The summed E-state index contributed by atoms with van der Waals surface area (Å²) in [4.78, 5) is 16.8. The molecule has 0 aliphatic carbocycles. The highest BCUT2D eigenvalue weighted by Crippen LogP contribution is 1.97. The lowest BCUT2D eigenvalue weighted by molar-refractivity contribution is 0.0592. The van der Waals surface area contributed by atoms with E-state index in [-0.39, 0.29) is 6.61 Å². The fourth-order valence-corrected chi connectivity index (χ4v) is 0.984. The molecule has 1 N–H and O–H groups in total. The molecular weight excluding hydrogens is 184 g/mol. The minimum Gasteiger partial charge on any atom is -0.386 e. The molecule has 6 heteroatoms. The van der Waals surface area contributed by atoms with Crippen LogP contribution in [0.15, 0.2) is 35.1 Å². The van der Waals surface area contributed by atoms with Gasteiger partial charge in [-0.25, -0.2) is 9.89 Å². The number of hydrogen-bond acceptors (Lipinski definition) is 4. The summed E-state index contributed by atoms with van der Waals surface area (Å²) in [7, 11) is 0.